The predicted molar refractivity (Wildman–Crippen MR) is 166 cm³/mol. The van der Waals surface area contributed by atoms with Crippen molar-refractivity contribution in [3.05, 3.63) is 81.8 Å². The van der Waals surface area contributed by atoms with Gasteiger partial charge in [-0.2, -0.15) is 0 Å². The Bertz CT molecular complexity index is 1390. The molecule has 210 valence electrons. The molecule has 0 aliphatic rings. The molecule has 4 rings (SSSR count). The second-order valence-corrected chi connectivity index (χ2v) is 11.0. The molecule has 0 radical (unpaired) electrons. The third-order valence-electron chi connectivity index (χ3n) is 7.46. The zero-order chi connectivity index (χ0) is 29.1. The molecular weight excluding hydrogens is 543 g/mol. The van der Waals surface area contributed by atoms with Crippen molar-refractivity contribution in [3.8, 4) is 45.4 Å². The molecule has 6 nitrogen and oxygen atoms in total. The van der Waals surface area contributed by atoms with Gasteiger partial charge in [0.1, 0.15) is 0 Å². The number of rotatable bonds is 9. The normalized spacial score (nSPS) is 13.0. The third kappa shape index (κ3) is 5.81. The van der Waals surface area contributed by atoms with Crippen LogP contribution in [-0.2, 0) is 0 Å². The minimum absolute atomic E-state index is 0.146. The van der Waals surface area contributed by atoms with E-state index in [0.717, 1.165) is 44.8 Å². The first-order valence-corrected chi connectivity index (χ1v) is 13.8. The van der Waals surface area contributed by atoms with Crippen molar-refractivity contribution in [1.29, 1.82) is 0 Å². The molecule has 0 bridgehead atoms. The van der Waals surface area contributed by atoms with E-state index in [0.29, 0.717) is 21.8 Å². The Hall–Kier alpha value is -3.16. The maximum atomic E-state index is 7.04. The minimum atomic E-state index is 0.146. The van der Waals surface area contributed by atoms with Crippen molar-refractivity contribution in [3.63, 3.8) is 0 Å². The highest BCUT2D eigenvalue weighted by Gasteiger charge is 2.21. The summed E-state index contributed by atoms with van der Waals surface area (Å²) in [6.45, 7) is 4.23. The van der Waals surface area contributed by atoms with Crippen molar-refractivity contribution in [2.45, 2.75) is 25.9 Å². The molecule has 0 amide bonds. The van der Waals surface area contributed by atoms with Crippen LogP contribution in [0.3, 0.4) is 0 Å². The molecule has 0 N–H and O–H groups in total. The molecule has 0 aliphatic heterocycles. The molecule has 2 heterocycles. The number of ether oxygens (including phenoxy) is 2. The summed E-state index contributed by atoms with van der Waals surface area (Å²) in [4.78, 5) is 13.8. The summed E-state index contributed by atoms with van der Waals surface area (Å²) in [5, 5.41) is 1.12. The van der Waals surface area contributed by atoms with Crippen LogP contribution in [0.4, 0.5) is 0 Å². The monoisotopic (exact) mass is 578 g/mol. The van der Waals surface area contributed by atoms with Crippen LogP contribution in [0.5, 0.6) is 11.8 Å². The molecular formula is C32H36Cl2N4O2. The van der Waals surface area contributed by atoms with Gasteiger partial charge in [0.05, 0.1) is 35.7 Å². The van der Waals surface area contributed by atoms with E-state index in [1.54, 1.807) is 14.2 Å². The molecule has 0 spiro atoms. The van der Waals surface area contributed by atoms with Crippen LogP contribution in [-0.4, -0.2) is 62.2 Å². The van der Waals surface area contributed by atoms with E-state index in [1.807, 2.05) is 88.9 Å². The van der Waals surface area contributed by atoms with Crippen LogP contribution in [0.25, 0.3) is 33.6 Å². The van der Waals surface area contributed by atoms with Gasteiger partial charge in [0.2, 0.25) is 11.8 Å². The molecule has 40 heavy (non-hydrogen) atoms. The molecule has 0 fully saturated rings. The SMILES string of the molecule is COc1nc(-c2cccc(-c3cccc(-c4ccc(C(C)N(C)C)c(OC)n4)c3Cl)c2Cl)ccc1C(C)N(C)C. The Labute approximate surface area is 247 Å². The van der Waals surface area contributed by atoms with Gasteiger partial charge in [-0.25, -0.2) is 9.97 Å². The Morgan fingerprint density at radius 3 is 1.25 bits per heavy atom. The highest BCUT2D eigenvalue weighted by molar-refractivity contribution is 6.39. The molecule has 2 aromatic carbocycles. The standard InChI is InChI=1S/C32H36Cl2N4O2/c1-19(37(3)4)21-15-17-27(35-31(21)39-7)25-13-9-11-23(29(25)33)24-12-10-14-26(30(24)34)28-18-16-22(20(2)38(5)6)32(36-28)40-8/h9-20H,1-8H3. The molecule has 0 saturated heterocycles. The second kappa shape index (κ2) is 12.6. The van der Waals surface area contributed by atoms with Crippen LogP contribution >= 0.6 is 23.2 Å². The Kier molecular flexibility index (Phi) is 9.37. The van der Waals surface area contributed by atoms with E-state index in [1.165, 1.54) is 0 Å². The lowest BCUT2D eigenvalue weighted by atomic mass is 9.97. The minimum Gasteiger partial charge on any atom is -0.481 e. The fraction of sp³-hybridized carbons (Fsp3) is 0.312. The molecule has 0 aliphatic carbocycles. The van der Waals surface area contributed by atoms with Gasteiger partial charge >= 0.3 is 0 Å². The fourth-order valence-electron chi connectivity index (χ4n) is 4.60. The Morgan fingerprint density at radius 2 is 0.925 bits per heavy atom. The molecule has 8 heteroatoms. The maximum absolute atomic E-state index is 7.04. The zero-order valence-corrected chi connectivity index (χ0v) is 25.8. The zero-order valence-electron chi connectivity index (χ0n) is 24.3. The quantitative estimate of drug-likeness (QED) is 0.200. The van der Waals surface area contributed by atoms with Crippen molar-refractivity contribution in [2.75, 3.05) is 42.4 Å². The van der Waals surface area contributed by atoms with Gasteiger partial charge in [0.15, 0.2) is 0 Å². The van der Waals surface area contributed by atoms with Gasteiger partial charge in [-0.05, 0) is 66.3 Å². The van der Waals surface area contributed by atoms with Crippen LogP contribution in [0.15, 0.2) is 60.7 Å². The van der Waals surface area contributed by atoms with Gasteiger partial charge < -0.3 is 19.3 Å². The summed E-state index contributed by atoms with van der Waals surface area (Å²) in [6.07, 6.45) is 0. The predicted octanol–water partition coefficient (Wildman–Crippen LogP) is 8.05. The molecule has 0 saturated carbocycles. The maximum Gasteiger partial charge on any atom is 0.218 e. The third-order valence-corrected chi connectivity index (χ3v) is 8.27. The van der Waals surface area contributed by atoms with E-state index >= 15 is 0 Å². The summed E-state index contributed by atoms with van der Waals surface area (Å²) in [5.74, 6) is 1.15. The van der Waals surface area contributed by atoms with Gasteiger partial charge in [0.25, 0.3) is 0 Å². The van der Waals surface area contributed by atoms with Crippen LogP contribution in [0.1, 0.15) is 37.1 Å². The Morgan fingerprint density at radius 1 is 0.575 bits per heavy atom. The summed E-state index contributed by atoms with van der Waals surface area (Å²) in [7, 11) is 11.4. The highest BCUT2D eigenvalue weighted by atomic mass is 35.5. The fourth-order valence-corrected chi connectivity index (χ4v) is 5.25. The first kappa shape index (κ1) is 29.8. The largest absolute Gasteiger partial charge is 0.481 e. The summed E-state index contributed by atoms with van der Waals surface area (Å²) in [6, 6.07) is 20.1. The summed E-state index contributed by atoms with van der Waals surface area (Å²) < 4.78 is 11.3. The van der Waals surface area contributed by atoms with Crippen LogP contribution < -0.4 is 9.47 Å². The number of hydrogen-bond acceptors (Lipinski definition) is 6. The van der Waals surface area contributed by atoms with E-state index in [4.69, 9.17) is 42.6 Å². The molecule has 4 aromatic rings. The van der Waals surface area contributed by atoms with E-state index < -0.39 is 0 Å². The average molecular weight is 580 g/mol. The van der Waals surface area contributed by atoms with Crippen molar-refractivity contribution < 1.29 is 9.47 Å². The van der Waals surface area contributed by atoms with E-state index in [2.05, 4.69) is 23.6 Å². The van der Waals surface area contributed by atoms with Crippen LogP contribution in [0.2, 0.25) is 10.0 Å². The number of halogens is 2. The smallest absolute Gasteiger partial charge is 0.218 e. The van der Waals surface area contributed by atoms with Gasteiger partial charge in [-0.15, -0.1) is 0 Å². The number of hydrogen-bond donors (Lipinski definition) is 0. The van der Waals surface area contributed by atoms with Crippen molar-refractivity contribution >= 4 is 23.2 Å². The van der Waals surface area contributed by atoms with E-state index in [9.17, 15) is 0 Å². The molecule has 2 atom stereocenters. The first-order valence-electron chi connectivity index (χ1n) is 13.1. The van der Waals surface area contributed by atoms with E-state index in [-0.39, 0.29) is 12.1 Å². The average Bonchev–Trinajstić information content (AvgIpc) is 2.96. The number of aromatic nitrogens is 2. The topological polar surface area (TPSA) is 50.7 Å². The van der Waals surface area contributed by atoms with Crippen molar-refractivity contribution in [1.82, 2.24) is 19.8 Å². The van der Waals surface area contributed by atoms with Gasteiger partial charge in [0, 0.05) is 45.5 Å². The lowest BCUT2D eigenvalue weighted by molar-refractivity contribution is 0.304. The summed E-state index contributed by atoms with van der Waals surface area (Å²) >= 11 is 14.1. The van der Waals surface area contributed by atoms with Gasteiger partial charge in [-0.3, -0.25) is 0 Å². The van der Waals surface area contributed by atoms with Crippen LogP contribution in [0, 0.1) is 0 Å². The lowest BCUT2D eigenvalue weighted by Gasteiger charge is -2.22. The molecule has 2 aromatic heterocycles. The Balaban J connectivity index is 1.78. The van der Waals surface area contributed by atoms with Crippen molar-refractivity contribution in [2.24, 2.45) is 0 Å². The second-order valence-electron chi connectivity index (χ2n) is 10.2. The number of benzene rings is 2. The number of pyridine rings is 2. The number of nitrogens with zero attached hydrogens (tertiary/aromatic N) is 4. The molecule has 2 unspecified atom stereocenters. The van der Waals surface area contributed by atoms with Gasteiger partial charge in [-0.1, -0.05) is 59.6 Å². The first-order chi connectivity index (χ1) is 19.1. The summed E-state index contributed by atoms with van der Waals surface area (Å²) in [5.41, 5.74) is 6.67. The lowest BCUT2D eigenvalue weighted by Crippen LogP contribution is -2.17. The number of methoxy groups -OCH3 is 2. The highest BCUT2D eigenvalue weighted by Crippen LogP contribution is 2.43.